The van der Waals surface area contributed by atoms with Gasteiger partial charge in [-0.3, -0.25) is 4.79 Å². The van der Waals surface area contributed by atoms with E-state index in [-0.39, 0.29) is 5.91 Å². The number of carbonyl (C=O) groups excluding carboxylic acids is 1. The minimum atomic E-state index is -0.406. The van der Waals surface area contributed by atoms with Crippen LogP contribution in [0.5, 0.6) is 0 Å². The fraction of sp³-hybridized carbons (Fsp3) is 0.467. The number of hydrogen-bond acceptors (Lipinski definition) is 3. The van der Waals surface area contributed by atoms with Crippen molar-refractivity contribution in [2.24, 2.45) is 0 Å². The molecule has 0 spiro atoms. The predicted octanol–water partition coefficient (Wildman–Crippen LogP) is 1.71. The van der Waals surface area contributed by atoms with E-state index in [0.29, 0.717) is 24.6 Å². The summed E-state index contributed by atoms with van der Waals surface area (Å²) in [5.74, 6) is 1.31. The Morgan fingerprint density at radius 1 is 1.55 bits per heavy atom. The van der Waals surface area contributed by atoms with Gasteiger partial charge in [0.2, 0.25) is 0 Å². The Kier molecular flexibility index (Phi) is 3.44. The first kappa shape index (κ1) is 13.1. The van der Waals surface area contributed by atoms with Gasteiger partial charge in [-0.1, -0.05) is 6.07 Å². The van der Waals surface area contributed by atoms with Crippen molar-refractivity contribution in [1.82, 2.24) is 14.7 Å². The first-order chi connectivity index (χ1) is 9.66. The van der Waals surface area contributed by atoms with Crippen molar-refractivity contribution in [3.63, 3.8) is 0 Å². The third-order valence-corrected chi connectivity index (χ3v) is 3.58. The maximum atomic E-state index is 12.2. The summed E-state index contributed by atoms with van der Waals surface area (Å²) >= 11 is 0. The van der Waals surface area contributed by atoms with Gasteiger partial charge in [0, 0.05) is 18.7 Å². The molecule has 5 nitrogen and oxygen atoms in total. The maximum absolute atomic E-state index is 12.2. The minimum Gasteiger partial charge on any atom is -0.393 e. The summed E-state index contributed by atoms with van der Waals surface area (Å²) in [6.45, 7) is 2.17. The zero-order valence-electron chi connectivity index (χ0n) is 11.5. The molecule has 1 fully saturated rings. The Bertz CT molecular complexity index is 629. The van der Waals surface area contributed by atoms with Crippen LogP contribution in [0, 0.1) is 0 Å². The lowest BCUT2D eigenvalue weighted by Gasteiger charge is -2.05. The average Bonchev–Trinajstić information content (AvgIpc) is 3.19. The number of amides is 1. The fourth-order valence-electron chi connectivity index (χ4n) is 2.34. The number of aliphatic hydroxyl groups is 1. The molecule has 0 aromatic carbocycles. The largest absolute Gasteiger partial charge is 0.393 e. The predicted molar refractivity (Wildman–Crippen MR) is 75.8 cm³/mol. The Morgan fingerprint density at radius 3 is 3.05 bits per heavy atom. The monoisotopic (exact) mass is 273 g/mol. The zero-order valence-corrected chi connectivity index (χ0v) is 11.5. The number of hydrogen-bond donors (Lipinski definition) is 2. The Morgan fingerprint density at radius 2 is 2.35 bits per heavy atom. The highest BCUT2D eigenvalue weighted by atomic mass is 16.3. The smallest absolute Gasteiger partial charge is 0.272 e. The van der Waals surface area contributed by atoms with E-state index in [1.807, 2.05) is 28.8 Å². The van der Waals surface area contributed by atoms with Crippen LogP contribution in [0.3, 0.4) is 0 Å². The molecular formula is C15H19N3O2. The van der Waals surface area contributed by atoms with E-state index in [4.69, 9.17) is 0 Å². The van der Waals surface area contributed by atoms with Gasteiger partial charge in [-0.25, -0.2) is 4.98 Å². The Labute approximate surface area is 117 Å². The summed E-state index contributed by atoms with van der Waals surface area (Å²) in [5.41, 5.74) is 1.34. The molecule has 1 amide bonds. The van der Waals surface area contributed by atoms with Gasteiger partial charge in [0.1, 0.15) is 5.82 Å². The summed E-state index contributed by atoms with van der Waals surface area (Å²) in [6, 6.07) is 5.79. The van der Waals surface area contributed by atoms with E-state index < -0.39 is 6.10 Å². The van der Waals surface area contributed by atoms with Gasteiger partial charge in [-0.05, 0) is 38.3 Å². The molecule has 1 aliphatic carbocycles. The Hall–Kier alpha value is -1.88. The van der Waals surface area contributed by atoms with Crippen LogP contribution in [-0.2, 0) is 0 Å². The van der Waals surface area contributed by atoms with Crippen molar-refractivity contribution >= 4 is 11.4 Å². The molecule has 2 aromatic heterocycles. The first-order valence-corrected chi connectivity index (χ1v) is 7.10. The second-order valence-electron chi connectivity index (χ2n) is 5.44. The van der Waals surface area contributed by atoms with Gasteiger partial charge in [0.25, 0.3) is 5.91 Å². The summed E-state index contributed by atoms with van der Waals surface area (Å²) in [4.78, 5) is 16.8. The van der Waals surface area contributed by atoms with Gasteiger partial charge in [-0.2, -0.15) is 0 Å². The van der Waals surface area contributed by atoms with Crippen LogP contribution in [0.4, 0.5) is 0 Å². The molecule has 2 aromatic rings. The molecule has 2 heterocycles. The number of imidazole rings is 1. The topological polar surface area (TPSA) is 66.6 Å². The number of rotatable bonds is 5. The van der Waals surface area contributed by atoms with Crippen molar-refractivity contribution < 1.29 is 9.90 Å². The van der Waals surface area contributed by atoms with Crippen LogP contribution < -0.4 is 5.32 Å². The van der Waals surface area contributed by atoms with Crippen LogP contribution in [0.2, 0.25) is 0 Å². The molecule has 106 valence electrons. The van der Waals surface area contributed by atoms with E-state index in [9.17, 15) is 9.90 Å². The number of pyridine rings is 1. The van der Waals surface area contributed by atoms with Crippen molar-refractivity contribution in [3.05, 3.63) is 35.9 Å². The molecule has 1 aliphatic rings. The second-order valence-corrected chi connectivity index (χ2v) is 5.44. The van der Waals surface area contributed by atoms with Gasteiger partial charge in [-0.15, -0.1) is 0 Å². The summed E-state index contributed by atoms with van der Waals surface area (Å²) in [7, 11) is 0. The number of nitrogens with one attached hydrogen (secondary N) is 1. The zero-order chi connectivity index (χ0) is 14.1. The van der Waals surface area contributed by atoms with E-state index in [2.05, 4.69) is 10.3 Å². The van der Waals surface area contributed by atoms with Crippen LogP contribution in [0.15, 0.2) is 24.4 Å². The highest BCUT2D eigenvalue weighted by molar-refractivity contribution is 5.99. The van der Waals surface area contributed by atoms with Crippen LogP contribution in [0.1, 0.15) is 48.4 Å². The van der Waals surface area contributed by atoms with Crippen molar-refractivity contribution in [2.45, 2.75) is 38.2 Å². The van der Waals surface area contributed by atoms with Crippen molar-refractivity contribution in [3.8, 4) is 0 Å². The summed E-state index contributed by atoms with van der Waals surface area (Å²) < 4.78 is 2.02. The fourth-order valence-corrected chi connectivity index (χ4v) is 2.34. The quantitative estimate of drug-likeness (QED) is 0.871. The lowest BCUT2D eigenvalue weighted by Crippen LogP contribution is -2.27. The third kappa shape index (κ3) is 2.54. The highest BCUT2D eigenvalue weighted by Crippen LogP contribution is 2.39. The molecule has 20 heavy (non-hydrogen) atoms. The summed E-state index contributed by atoms with van der Waals surface area (Å²) in [5, 5.41) is 12.0. The van der Waals surface area contributed by atoms with E-state index in [0.717, 1.165) is 24.2 Å². The molecule has 2 N–H and O–H groups in total. The summed E-state index contributed by atoms with van der Waals surface area (Å²) in [6.07, 6.45) is 4.40. The lowest BCUT2D eigenvalue weighted by atomic mass is 10.2. The number of aliphatic hydroxyl groups excluding tert-OH is 1. The molecule has 1 unspecified atom stereocenters. The Balaban J connectivity index is 1.85. The normalized spacial score (nSPS) is 16.3. The molecule has 0 radical (unpaired) electrons. The highest BCUT2D eigenvalue weighted by Gasteiger charge is 2.30. The number of carbonyl (C=O) groups is 1. The molecule has 0 bridgehead atoms. The van der Waals surface area contributed by atoms with Gasteiger partial charge in [0.05, 0.1) is 11.6 Å². The van der Waals surface area contributed by atoms with E-state index >= 15 is 0 Å². The van der Waals surface area contributed by atoms with Crippen LogP contribution in [-0.4, -0.2) is 33.0 Å². The van der Waals surface area contributed by atoms with Gasteiger partial charge >= 0.3 is 0 Å². The molecule has 3 rings (SSSR count). The molecule has 0 saturated heterocycles. The molecule has 0 aliphatic heterocycles. The molecule has 1 atom stereocenters. The van der Waals surface area contributed by atoms with Crippen LogP contribution >= 0.6 is 0 Å². The first-order valence-electron chi connectivity index (χ1n) is 7.10. The molecule has 5 heteroatoms. The van der Waals surface area contributed by atoms with Gasteiger partial charge in [0.15, 0.2) is 5.69 Å². The van der Waals surface area contributed by atoms with Crippen molar-refractivity contribution in [2.75, 3.05) is 6.54 Å². The maximum Gasteiger partial charge on any atom is 0.272 e. The third-order valence-electron chi connectivity index (χ3n) is 3.58. The van der Waals surface area contributed by atoms with Crippen molar-refractivity contribution in [1.29, 1.82) is 0 Å². The van der Waals surface area contributed by atoms with Gasteiger partial charge < -0.3 is 14.8 Å². The second kappa shape index (κ2) is 5.25. The minimum absolute atomic E-state index is 0.166. The van der Waals surface area contributed by atoms with Crippen LogP contribution in [0.25, 0.3) is 5.52 Å². The SMILES string of the molecule is CC(O)CCNC(=O)c1nc(C2CC2)n2ccccc12. The number of aromatic nitrogens is 2. The van der Waals surface area contributed by atoms with E-state index in [1.54, 1.807) is 6.92 Å². The number of fused-ring (bicyclic) bond motifs is 1. The molecule has 1 saturated carbocycles. The molecular weight excluding hydrogens is 254 g/mol. The van der Waals surface area contributed by atoms with E-state index in [1.165, 1.54) is 0 Å². The number of nitrogens with zero attached hydrogens (tertiary/aromatic N) is 2. The standard InChI is InChI=1S/C15H19N3O2/c1-10(19)7-8-16-15(20)13-12-4-2-3-9-18(12)14(17-13)11-5-6-11/h2-4,9-11,19H,5-8H2,1H3,(H,16,20). The lowest BCUT2D eigenvalue weighted by molar-refractivity contribution is 0.0942. The average molecular weight is 273 g/mol.